The van der Waals surface area contributed by atoms with E-state index >= 15 is 0 Å². The summed E-state index contributed by atoms with van der Waals surface area (Å²) in [6, 6.07) is 13.7. The number of benzene rings is 1. The fourth-order valence-electron chi connectivity index (χ4n) is 2.49. The zero-order valence-corrected chi connectivity index (χ0v) is 10.9. The van der Waals surface area contributed by atoms with E-state index in [-0.39, 0.29) is 5.25 Å². The minimum Gasteiger partial charge on any atom is -0.372 e. The molecule has 2 atom stereocenters. The summed E-state index contributed by atoms with van der Waals surface area (Å²) in [7, 11) is 0. The molecule has 0 aliphatic carbocycles. The van der Waals surface area contributed by atoms with Crippen LogP contribution in [-0.2, 0) is 0 Å². The Morgan fingerprint density at radius 2 is 1.95 bits per heavy atom. The number of para-hydroxylation sites is 2. The summed E-state index contributed by atoms with van der Waals surface area (Å²) >= 11 is 1.01. The number of aromatic nitrogens is 3. The lowest BCUT2D eigenvalue weighted by Crippen LogP contribution is -2.10. The van der Waals surface area contributed by atoms with Crippen LogP contribution in [0.5, 0.6) is 0 Å². The Hall–Kier alpha value is -1.85. The van der Waals surface area contributed by atoms with Crippen LogP contribution in [0.15, 0.2) is 53.8 Å². The van der Waals surface area contributed by atoms with E-state index < -0.39 is 6.23 Å². The zero-order chi connectivity index (χ0) is 12.8. The van der Waals surface area contributed by atoms with Crippen LogP contribution in [0, 0.1) is 0 Å². The van der Waals surface area contributed by atoms with Gasteiger partial charge < -0.3 is 5.11 Å². The van der Waals surface area contributed by atoms with Crippen LogP contribution in [0.1, 0.15) is 17.2 Å². The van der Waals surface area contributed by atoms with Crippen molar-refractivity contribution in [2.24, 2.45) is 0 Å². The summed E-state index contributed by atoms with van der Waals surface area (Å²) in [5, 5.41) is 11.4. The van der Waals surface area contributed by atoms with Gasteiger partial charge in [0, 0.05) is 6.20 Å². The highest BCUT2D eigenvalue weighted by Gasteiger charge is 2.34. The number of aliphatic hydroxyl groups is 1. The Balaban J connectivity index is 1.83. The Morgan fingerprint density at radius 3 is 2.79 bits per heavy atom. The van der Waals surface area contributed by atoms with Crippen molar-refractivity contribution in [3.8, 4) is 0 Å². The number of fused-ring (bicyclic) bond motifs is 3. The summed E-state index contributed by atoms with van der Waals surface area (Å²) < 4.78 is 1.91. The van der Waals surface area contributed by atoms with Crippen LogP contribution in [0.2, 0.25) is 0 Å². The van der Waals surface area contributed by atoms with Crippen molar-refractivity contribution >= 4 is 22.8 Å². The third-order valence-corrected chi connectivity index (χ3v) is 4.73. The molecule has 3 heterocycles. The van der Waals surface area contributed by atoms with Gasteiger partial charge in [-0.2, -0.15) is 0 Å². The molecule has 19 heavy (non-hydrogen) atoms. The lowest BCUT2D eigenvalue weighted by atomic mass is 10.2. The highest BCUT2D eigenvalue weighted by molar-refractivity contribution is 7.99. The predicted molar refractivity (Wildman–Crippen MR) is 75.2 cm³/mol. The number of hydrogen-bond acceptors (Lipinski definition) is 3. The van der Waals surface area contributed by atoms with E-state index in [4.69, 9.17) is 0 Å². The van der Waals surface area contributed by atoms with E-state index in [0.29, 0.717) is 0 Å². The Labute approximate surface area is 114 Å². The first kappa shape index (κ1) is 11.0. The smallest absolute Gasteiger partial charge is 0.159 e. The minimum atomic E-state index is -0.598. The minimum absolute atomic E-state index is 0.0340. The molecule has 0 amide bonds. The maximum atomic E-state index is 10.6. The summed E-state index contributed by atoms with van der Waals surface area (Å²) in [4.78, 5) is 8.93. The molecule has 0 fully saturated rings. The molecule has 1 aliphatic heterocycles. The summed E-state index contributed by atoms with van der Waals surface area (Å²) in [5.41, 5.74) is 2.82. The van der Waals surface area contributed by atoms with Gasteiger partial charge in [0.15, 0.2) is 5.16 Å². The molecule has 2 unspecified atom stereocenters. The molecule has 5 heteroatoms. The van der Waals surface area contributed by atoms with Gasteiger partial charge in [0.05, 0.1) is 22.0 Å². The largest absolute Gasteiger partial charge is 0.372 e. The average Bonchev–Trinajstić information content (AvgIpc) is 2.97. The molecular weight excluding hydrogens is 258 g/mol. The standard InChI is InChI=1S/C14H12N3OS/c18-13-12(10-6-3-4-8-15-10)19-14-16-9-5-1-2-7-11(9)17(13)14/h1-8,12-13,18-19H. The number of aliphatic hydroxyl groups excluding tert-OH is 1. The third kappa shape index (κ3) is 1.59. The molecule has 4 nitrogen and oxygen atoms in total. The van der Waals surface area contributed by atoms with E-state index in [1.165, 1.54) is 0 Å². The fourth-order valence-corrected chi connectivity index (χ4v) is 3.80. The molecule has 1 aromatic carbocycles. The van der Waals surface area contributed by atoms with Crippen LogP contribution in [0.3, 0.4) is 0 Å². The Kier molecular flexibility index (Phi) is 2.36. The summed E-state index contributed by atoms with van der Waals surface area (Å²) in [5.74, 6) is 0. The molecule has 0 bridgehead atoms. The lowest BCUT2D eigenvalue weighted by Gasteiger charge is -2.15. The molecule has 2 aromatic heterocycles. The van der Waals surface area contributed by atoms with Crippen molar-refractivity contribution in [2.75, 3.05) is 0 Å². The second-order valence-electron chi connectivity index (χ2n) is 4.51. The Morgan fingerprint density at radius 1 is 1.11 bits per heavy atom. The van der Waals surface area contributed by atoms with Crippen molar-refractivity contribution in [1.82, 2.24) is 14.5 Å². The first-order valence-corrected chi connectivity index (χ1v) is 7.08. The zero-order valence-electron chi connectivity index (χ0n) is 10.0. The second-order valence-corrected chi connectivity index (χ2v) is 5.73. The average molecular weight is 270 g/mol. The molecule has 95 valence electrons. The highest BCUT2D eigenvalue weighted by atomic mass is 32.2. The number of pyridine rings is 1. The lowest BCUT2D eigenvalue weighted by molar-refractivity contribution is 0.104. The van der Waals surface area contributed by atoms with Crippen molar-refractivity contribution in [2.45, 2.75) is 16.6 Å². The van der Waals surface area contributed by atoms with Crippen LogP contribution >= 0.6 is 11.8 Å². The molecular formula is C14H12N3OS. The van der Waals surface area contributed by atoms with E-state index in [0.717, 1.165) is 33.6 Å². The van der Waals surface area contributed by atoms with E-state index in [1.807, 2.05) is 47.0 Å². The van der Waals surface area contributed by atoms with Crippen LogP contribution in [0.25, 0.3) is 11.0 Å². The number of imidazole rings is 1. The van der Waals surface area contributed by atoms with Crippen LogP contribution < -0.4 is 0 Å². The molecule has 3 aromatic rings. The summed E-state index contributed by atoms with van der Waals surface area (Å²) in [6.07, 6.45) is 1.16. The molecule has 1 aliphatic rings. The van der Waals surface area contributed by atoms with E-state index in [1.54, 1.807) is 6.20 Å². The molecule has 1 N–H and O–H groups in total. The molecule has 0 spiro atoms. The molecule has 4 rings (SSSR count). The quantitative estimate of drug-likeness (QED) is 0.668. The number of nitrogens with zero attached hydrogens (tertiary/aromatic N) is 3. The van der Waals surface area contributed by atoms with Crippen molar-refractivity contribution < 1.29 is 5.11 Å². The van der Waals surface area contributed by atoms with Gasteiger partial charge in [0.25, 0.3) is 0 Å². The maximum absolute atomic E-state index is 10.6. The molecule has 1 radical (unpaired) electrons. The van der Waals surface area contributed by atoms with Gasteiger partial charge in [-0.15, -0.1) is 11.8 Å². The van der Waals surface area contributed by atoms with Crippen molar-refractivity contribution in [1.29, 1.82) is 0 Å². The SMILES string of the molecule is OC1C(c2ccccn2)[SH]c2nc3ccccc3n21. The second kappa shape index (κ2) is 4.08. The number of hydrogen-bond donors (Lipinski definition) is 2. The van der Waals surface area contributed by atoms with Gasteiger partial charge in [0.2, 0.25) is 0 Å². The van der Waals surface area contributed by atoms with Crippen molar-refractivity contribution in [3.05, 3.63) is 54.4 Å². The Bertz CT molecular complexity index is 741. The predicted octanol–water partition coefficient (Wildman–Crippen LogP) is 2.50. The van der Waals surface area contributed by atoms with Gasteiger partial charge in [-0.1, -0.05) is 18.2 Å². The van der Waals surface area contributed by atoms with Gasteiger partial charge in [0.1, 0.15) is 6.23 Å². The monoisotopic (exact) mass is 270 g/mol. The number of rotatable bonds is 1. The fraction of sp³-hybridized carbons (Fsp3) is 0.143. The van der Waals surface area contributed by atoms with Crippen LogP contribution in [0.4, 0.5) is 0 Å². The highest BCUT2D eigenvalue weighted by Crippen LogP contribution is 2.49. The van der Waals surface area contributed by atoms with Gasteiger partial charge in [-0.3, -0.25) is 9.55 Å². The van der Waals surface area contributed by atoms with Gasteiger partial charge in [-0.05, 0) is 24.3 Å². The molecule has 0 saturated carbocycles. The van der Waals surface area contributed by atoms with Crippen molar-refractivity contribution in [3.63, 3.8) is 0 Å². The maximum Gasteiger partial charge on any atom is 0.159 e. The number of thiol groups is 1. The topological polar surface area (TPSA) is 50.9 Å². The molecule has 0 saturated heterocycles. The first-order chi connectivity index (χ1) is 9.34. The van der Waals surface area contributed by atoms with Gasteiger partial charge >= 0.3 is 0 Å². The third-order valence-electron chi connectivity index (χ3n) is 3.37. The van der Waals surface area contributed by atoms with E-state index in [2.05, 4.69) is 9.97 Å². The summed E-state index contributed by atoms with van der Waals surface area (Å²) in [6.45, 7) is 0. The normalized spacial score (nSPS) is 21.7. The van der Waals surface area contributed by atoms with Crippen LogP contribution in [-0.4, -0.2) is 19.6 Å². The van der Waals surface area contributed by atoms with E-state index in [9.17, 15) is 5.11 Å². The first-order valence-electron chi connectivity index (χ1n) is 6.11. The van der Waals surface area contributed by atoms with Gasteiger partial charge in [-0.25, -0.2) is 4.98 Å².